The lowest BCUT2D eigenvalue weighted by Gasteiger charge is -2.09. The van der Waals surface area contributed by atoms with Crippen molar-refractivity contribution in [2.75, 3.05) is 6.61 Å². The number of hydrogen-bond acceptors (Lipinski definition) is 4. The average Bonchev–Trinajstić information content (AvgIpc) is 2.79. The minimum absolute atomic E-state index is 0.128. The molecule has 0 unspecified atom stereocenters. The second-order valence-corrected chi connectivity index (χ2v) is 6.80. The fourth-order valence-corrected chi connectivity index (χ4v) is 3.20. The van der Waals surface area contributed by atoms with Gasteiger partial charge >= 0.3 is 0 Å². The summed E-state index contributed by atoms with van der Waals surface area (Å²) in [6.45, 7) is 2.87. The number of pyridine rings is 1. The smallest absolute Gasteiger partial charge is 0.165 e. The Morgan fingerprint density at radius 1 is 0.800 bits per heavy atom. The highest BCUT2D eigenvalue weighted by molar-refractivity contribution is 5.86. The summed E-state index contributed by atoms with van der Waals surface area (Å²) in [5, 5.41) is 11.4. The van der Waals surface area contributed by atoms with E-state index in [1.165, 1.54) is 0 Å². The molecule has 0 bridgehead atoms. The van der Waals surface area contributed by atoms with Crippen LogP contribution in [0.25, 0.3) is 23.1 Å². The summed E-state index contributed by atoms with van der Waals surface area (Å²) in [4.78, 5) is 4.77. The number of aromatic hydroxyl groups is 1. The van der Waals surface area contributed by atoms with Crippen LogP contribution in [0, 0.1) is 0 Å². The van der Waals surface area contributed by atoms with E-state index in [-0.39, 0.29) is 5.75 Å². The number of nitrogens with zero attached hydrogens (tertiary/aromatic N) is 1. The molecule has 0 saturated carbocycles. The monoisotopic (exact) mass is 397 g/mol. The first-order chi connectivity index (χ1) is 14.7. The fraction of sp³-hybridized carbons (Fsp3) is 0.115. The van der Waals surface area contributed by atoms with Crippen LogP contribution in [0.2, 0.25) is 0 Å². The highest BCUT2D eigenvalue weighted by Crippen LogP contribution is 2.31. The summed E-state index contributed by atoms with van der Waals surface area (Å²) >= 11 is 0. The lowest BCUT2D eigenvalue weighted by Crippen LogP contribution is -1.97. The summed E-state index contributed by atoms with van der Waals surface area (Å²) in [7, 11) is 0. The fourth-order valence-electron chi connectivity index (χ4n) is 3.20. The third-order valence-corrected chi connectivity index (χ3v) is 4.71. The van der Waals surface area contributed by atoms with E-state index in [0.29, 0.717) is 24.5 Å². The van der Waals surface area contributed by atoms with Gasteiger partial charge in [0.1, 0.15) is 17.9 Å². The molecule has 0 saturated heterocycles. The van der Waals surface area contributed by atoms with Crippen molar-refractivity contribution in [3.8, 4) is 17.2 Å². The van der Waals surface area contributed by atoms with E-state index in [1.54, 1.807) is 6.07 Å². The Kier molecular flexibility index (Phi) is 5.95. The first-order valence-electron chi connectivity index (χ1n) is 9.94. The van der Waals surface area contributed by atoms with Gasteiger partial charge in [-0.15, -0.1) is 0 Å². The van der Waals surface area contributed by atoms with Crippen LogP contribution in [0.5, 0.6) is 17.2 Å². The Morgan fingerprint density at radius 3 is 2.43 bits per heavy atom. The third-order valence-electron chi connectivity index (χ3n) is 4.71. The molecule has 0 aliphatic rings. The zero-order valence-electron chi connectivity index (χ0n) is 16.8. The standard InChI is InChI=1S/C26H23NO3/c1-2-29-24-13-7-11-21(26(24)28)15-17-22-16-14-20-10-6-12-23(25(20)27-22)30-18-19-8-4-3-5-9-19/h3-17,28H,2,18H2,1H3/b17-15-. The van der Waals surface area contributed by atoms with Crippen molar-refractivity contribution in [1.29, 1.82) is 0 Å². The van der Waals surface area contributed by atoms with E-state index in [2.05, 4.69) is 0 Å². The van der Waals surface area contributed by atoms with Gasteiger partial charge in [0.2, 0.25) is 0 Å². The molecule has 150 valence electrons. The molecule has 0 aliphatic carbocycles. The van der Waals surface area contributed by atoms with E-state index in [9.17, 15) is 5.11 Å². The minimum Gasteiger partial charge on any atom is -0.504 e. The summed E-state index contributed by atoms with van der Waals surface area (Å²) < 4.78 is 11.5. The molecule has 0 radical (unpaired) electrons. The summed E-state index contributed by atoms with van der Waals surface area (Å²) in [6, 6.07) is 25.4. The molecule has 0 aliphatic heterocycles. The maximum atomic E-state index is 10.4. The maximum Gasteiger partial charge on any atom is 0.165 e. The van der Waals surface area contributed by atoms with Crippen LogP contribution >= 0.6 is 0 Å². The summed E-state index contributed by atoms with van der Waals surface area (Å²) in [5.41, 5.74) is 3.37. The molecule has 1 N–H and O–H groups in total. The predicted molar refractivity (Wildman–Crippen MR) is 121 cm³/mol. The van der Waals surface area contributed by atoms with Crippen LogP contribution < -0.4 is 9.47 Å². The van der Waals surface area contributed by atoms with Crippen molar-refractivity contribution in [2.24, 2.45) is 0 Å². The number of aromatic nitrogens is 1. The first kappa shape index (κ1) is 19.5. The number of fused-ring (bicyclic) bond motifs is 1. The largest absolute Gasteiger partial charge is 0.504 e. The van der Waals surface area contributed by atoms with Gasteiger partial charge in [0.05, 0.1) is 12.3 Å². The molecule has 0 atom stereocenters. The van der Waals surface area contributed by atoms with Gasteiger partial charge in [0, 0.05) is 10.9 Å². The van der Waals surface area contributed by atoms with Gasteiger partial charge in [-0.2, -0.15) is 0 Å². The van der Waals surface area contributed by atoms with Gasteiger partial charge < -0.3 is 14.6 Å². The molecule has 4 rings (SSSR count). The van der Waals surface area contributed by atoms with E-state index in [0.717, 1.165) is 27.9 Å². The van der Waals surface area contributed by atoms with E-state index in [1.807, 2.05) is 91.9 Å². The van der Waals surface area contributed by atoms with E-state index >= 15 is 0 Å². The van der Waals surface area contributed by atoms with Crippen LogP contribution in [0.1, 0.15) is 23.7 Å². The molecule has 0 fully saturated rings. The van der Waals surface area contributed by atoms with Gasteiger partial charge in [0.15, 0.2) is 11.5 Å². The zero-order chi connectivity index (χ0) is 20.8. The minimum atomic E-state index is 0.128. The summed E-state index contributed by atoms with van der Waals surface area (Å²) in [6.07, 6.45) is 3.71. The van der Waals surface area contributed by atoms with Crippen LogP contribution in [-0.2, 0) is 6.61 Å². The molecule has 4 aromatic rings. The predicted octanol–water partition coefficient (Wildman–Crippen LogP) is 6.09. The lowest BCUT2D eigenvalue weighted by molar-refractivity contribution is 0.309. The number of ether oxygens (including phenoxy) is 2. The second-order valence-electron chi connectivity index (χ2n) is 6.80. The quantitative estimate of drug-likeness (QED) is 0.410. The van der Waals surface area contributed by atoms with Crippen molar-refractivity contribution in [3.05, 3.63) is 95.7 Å². The van der Waals surface area contributed by atoms with Crippen molar-refractivity contribution >= 4 is 23.1 Å². The normalized spacial score (nSPS) is 11.1. The highest BCUT2D eigenvalue weighted by Gasteiger charge is 2.07. The molecule has 30 heavy (non-hydrogen) atoms. The number of benzene rings is 3. The Labute approximate surface area is 176 Å². The molecule has 1 heterocycles. The van der Waals surface area contributed by atoms with Crippen LogP contribution in [-0.4, -0.2) is 16.7 Å². The lowest BCUT2D eigenvalue weighted by atomic mass is 10.1. The number of phenolic OH excluding ortho intramolecular Hbond substituents is 1. The molecule has 1 aromatic heterocycles. The Bertz CT molecular complexity index is 1170. The van der Waals surface area contributed by atoms with Crippen molar-refractivity contribution in [1.82, 2.24) is 4.98 Å². The number of hydrogen-bond donors (Lipinski definition) is 1. The second kappa shape index (κ2) is 9.14. The van der Waals surface area contributed by atoms with Gasteiger partial charge in [-0.3, -0.25) is 0 Å². The van der Waals surface area contributed by atoms with E-state index < -0.39 is 0 Å². The molecule has 0 amide bonds. The number of para-hydroxylation sites is 2. The Balaban J connectivity index is 1.60. The average molecular weight is 397 g/mol. The Hall–Kier alpha value is -3.79. The summed E-state index contributed by atoms with van der Waals surface area (Å²) in [5.74, 6) is 1.35. The third kappa shape index (κ3) is 4.44. The topological polar surface area (TPSA) is 51.6 Å². The molecule has 4 heteroatoms. The maximum absolute atomic E-state index is 10.4. The van der Waals surface area contributed by atoms with Crippen LogP contribution in [0.3, 0.4) is 0 Å². The van der Waals surface area contributed by atoms with E-state index in [4.69, 9.17) is 14.5 Å². The molecule has 4 nitrogen and oxygen atoms in total. The molecule has 3 aromatic carbocycles. The first-order valence-corrected chi connectivity index (χ1v) is 9.94. The SMILES string of the molecule is CCOc1cccc(/C=C\c2ccc3cccc(OCc4ccccc4)c3n2)c1O. The van der Waals surface area contributed by atoms with Gasteiger partial charge in [0.25, 0.3) is 0 Å². The molecular formula is C26H23NO3. The van der Waals surface area contributed by atoms with Crippen molar-refractivity contribution in [3.63, 3.8) is 0 Å². The van der Waals surface area contributed by atoms with Crippen molar-refractivity contribution < 1.29 is 14.6 Å². The number of phenols is 1. The zero-order valence-corrected chi connectivity index (χ0v) is 16.8. The van der Waals surface area contributed by atoms with Gasteiger partial charge in [-0.05, 0) is 42.8 Å². The number of rotatable bonds is 7. The van der Waals surface area contributed by atoms with Gasteiger partial charge in [-0.1, -0.05) is 60.7 Å². The molecular weight excluding hydrogens is 374 g/mol. The van der Waals surface area contributed by atoms with Crippen LogP contribution in [0.15, 0.2) is 78.9 Å². The highest BCUT2D eigenvalue weighted by atomic mass is 16.5. The van der Waals surface area contributed by atoms with Crippen molar-refractivity contribution in [2.45, 2.75) is 13.5 Å². The van der Waals surface area contributed by atoms with Crippen LogP contribution in [0.4, 0.5) is 0 Å². The van der Waals surface area contributed by atoms with Gasteiger partial charge in [-0.25, -0.2) is 4.98 Å². The Morgan fingerprint density at radius 2 is 1.60 bits per heavy atom. The molecule has 0 spiro atoms.